The van der Waals surface area contributed by atoms with Crippen LogP contribution in [0.25, 0.3) is 0 Å². The van der Waals surface area contributed by atoms with Crippen molar-refractivity contribution in [3.63, 3.8) is 0 Å². The van der Waals surface area contributed by atoms with Gasteiger partial charge in [0, 0.05) is 25.7 Å². The van der Waals surface area contributed by atoms with Gasteiger partial charge in [-0.15, -0.1) is 0 Å². The summed E-state index contributed by atoms with van der Waals surface area (Å²) in [6, 6.07) is 0. The van der Waals surface area contributed by atoms with Crippen molar-refractivity contribution in [1.29, 1.82) is 0 Å². The molecule has 0 aliphatic heterocycles. The second kappa shape index (κ2) is 68.8. The number of phosphoric acid groups is 2. The van der Waals surface area contributed by atoms with Crippen LogP contribution in [-0.4, -0.2) is 96.7 Å². The Morgan fingerprint density at radius 1 is 0.302 bits per heavy atom. The molecule has 0 heterocycles. The Morgan fingerprint density at radius 2 is 0.531 bits per heavy atom. The Labute approximate surface area is 588 Å². The van der Waals surface area contributed by atoms with Crippen molar-refractivity contribution < 1.29 is 80.2 Å². The second-order valence-electron chi connectivity index (χ2n) is 28.5. The number of rotatable bonds is 76. The molecule has 0 amide bonds. The van der Waals surface area contributed by atoms with E-state index in [0.29, 0.717) is 25.7 Å². The van der Waals surface area contributed by atoms with E-state index in [0.717, 1.165) is 102 Å². The maximum Gasteiger partial charge on any atom is 0.472 e. The number of aliphatic hydroxyl groups is 1. The van der Waals surface area contributed by atoms with E-state index in [-0.39, 0.29) is 25.7 Å². The number of carbonyl (C=O) groups is 4. The molecule has 0 aromatic heterocycles. The predicted molar refractivity (Wildman–Crippen MR) is 391 cm³/mol. The SMILES string of the molecule is CCCCCCCCCCCCCCCCCCCCCCCC(=O)O[C@H](COC(=O)CCCCCCCCCCCCC(C)CC)COP(=O)(O)OC[C@@H](O)COP(=O)(O)OC[C@@H](COC(=O)CCCCCCCCCCC)OC(=O)CCCCCCCCCCCC(C)C. The lowest BCUT2D eigenvalue weighted by Gasteiger charge is -2.21. The largest absolute Gasteiger partial charge is 0.472 e. The van der Waals surface area contributed by atoms with Crippen LogP contribution in [0, 0.1) is 11.8 Å². The normalized spacial score (nSPS) is 14.3. The van der Waals surface area contributed by atoms with Gasteiger partial charge >= 0.3 is 39.5 Å². The maximum atomic E-state index is 13.1. The van der Waals surface area contributed by atoms with Crippen LogP contribution in [0.15, 0.2) is 0 Å². The number of ether oxygens (including phenoxy) is 4. The summed E-state index contributed by atoms with van der Waals surface area (Å²) in [5.41, 5.74) is 0. The van der Waals surface area contributed by atoms with Gasteiger partial charge in [-0.3, -0.25) is 37.3 Å². The first-order valence-corrected chi connectivity index (χ1v) is 43.0. The van der Waals surface area contributed by atoms with Gasteiger partial charge in [0.05, 0.1) is 26.4 Å². The van der Waals surface area contributed by atoms with E-state index < -0.39 is 97.5 Å². The molecule has 0 aromatic carbocycles. The summed E-state index contributed by atoms with van der Waals surface area (Å²) in [7, 11) is -9.91. The fourth-order valence-electron chi connectivity index (χ4n) is 11.8. The monoisotopic (exact) mass is 1410 g/mol. The van der Waals surface area contributed by atoms with Crippen molar-refractivity contribution in [3.05, 3.63) is 0 Å². The number of unbranched alkanes of at least 4 members (excludes halogenated alkanes) is 45. The number of hydrogen-bond acceptors (Lipinski definition) is 15. The van der Waals surface area contributed by atoms with Gasteiger partial charge in [0.25, 0.3) is 0 Å². The van der Waals surface area contributed by atoms with Crippen molar-refractivity contribution in [2.75, 3.05) is 39.6 Å². The molecule has 0 aliphatic rings. The second-order valence-corrected chi connectivity index (χ2v) is 31.4. The van der Waals surface area contributed by atoms with Gasteiger partial charge in [-0.05, 0) is 37.5 Å². The lowest BCUT2D eigenvalue weighted by atomic mass is 9.99. The molecule has 6 atom stereocenters. The zero-order valence-electron chi connectivity index (χ0n) is 62.7. The van der Waals surface area contributed by atoms with E-state index in [1.54, 1.807) is 0 Å². The highest BCUT2D eigenvalue weighted by atomic mass is 31.2. The third kappa shape index (κ3) is 69.2. The van der Waals surface area contributed by atoms with E-state index in [2.05, 4.69) is 41.5 Å². The fourth-order valence-corrected chi connectivity index (χ4v) is 13.4. The average Bonchev–Trinajstić information content (AvgIpc) is 2.02. The Balaban J connectivity index is 5.20. The number of hydrogen-bond donors (Lipinski definition) is 3. The van der Waals surface area contributed by atoms with Crippen LogP contribution in [0.5, 0.6) is 0 Å². The van der Waals surface area contributed by atoms with Crippen LogP contribution >= 0.6 is 15.6 Å². The zero-order valence-corrected chi connectivity index (χ0v) is 64.5. The first kappa shape index (κ1) is 94.1. The van der Waals surface area contributed by atoms with E-state index in [1.165, 1.54) is 218 Å². The Kier molecular flexibility index (Phi) is 67.4. The van der Waals surface area contributed by atoms with Gasteiger partial charge in [-0.2, -0.15) is 0 Å². The van der Waals surface area contributed by atoms with Crippen LogP contribution in [-0.2, 0) is 65.4 Å². The summed E-state index contributed by atoms with van der Waals surface area (Å²) in [4.78, 5) is 72.8. The number of esters is 4. The van der Waals surface area contributed by atoms with E-state index in [4.69, 9.17) is 37.0 Å². The summed E-state index contributed by atoms with van der Waals surface area (Å²) in [6.07, 6.45) is 57.0. The first-order valence-electron chi connectivity index (χ1n) is 40.0. The lowest BCUT2D eigenvalue weighted by Crippen LogP contribution is -2.30. The summed E-state index contributed by atoms with van der Waals surface area (Å²) in [6.45, 7) is 9.59. The quantitative estimate of drug-likeness (QED) is 0.0222. The van der Waals surface area contributed by atoms with Gasteiger partial charge in [-0.1, -0.05) is 350 Å². The lowest BCUT2D eigenvalue weighted by molar-refractivity contribution is -0.161. The first-order chi connectivity index (χ1) is 46.4. The highest BCUT2D eigenvalue weighted by molar-refractivity contribution is 7.47. The molecular weight excluding hydrogens is 1260 g/mol. The highest BCUT2D eigenvalue weighted by Gasteiger charge is 2.30. The van der Waals surface area contributed by atoms with Crippen molar-refractivity contribution in [2.45, 2.75) is 419 Å². The van der Waals surface area contributed by atoms with Crippen molar-refractivity contribution in [2.24, 2.45) is 11.8 Å². The average molecular weight is 1410 g/mol. The topological polar surface area (TPSA) is 237 Å². The van der Waals surface area contributed by atoms with Crippen molar-refractivity contribution >= 4 is 39.5 Å². The van der Waals surface area contributed by atoms with E-state index >= 15 is 0 Å². The van der Waals surface area contributed by atoms with Gasteiger partial charge < -0.3 is 33.8 Å². The molecule has 0 aliphatic carbocycles. The molecule has 0 aromatic rings. The number of phosphoric ester groups is 2. The van der Waals surface area contributed by atoms with Gasteiger partial charge in [-0.25, -0.2) is 9.13 Å². The molecule has 0 saturated heterocycles. The summed E-state index contributed by atoms with van der Waals surface area (Å²) < 4.78 is 68.5. The van der Waals surface area contributed by atoms with Gasteiger partial charge in [0.1, 0.15) is 19.3 Å². The van der Waals surface area contributed by atoms with Crippen LogP contribution in [0.3, 0.4) is 0 Å². The third-order valence-corrected chi connectivity index (χ3v) is 20.2. The summed E-state index contributed by atoms with van der Waals surface area (Å²) in [5.74, 6) is -0.571. The molecular formula is C77H150O17P2. The molecule has 3 N–H and O–H groups in total. The minimum atomic E-state index is -4.96. The molecule has 0 bridgehead atoms. The van der Waals surface area contributed by atoms with E-state index in [9.17, 15) is 43.2 Å². The minimum Gasteiger partial charge on any atom is -0.462 e. The fraction of sp³-hybridized carbons (Fsp3) is 0.948. The Morgan fingerprint density at radius 3 is 0.792 bits per heavy atom. The minimum absolute atomic E-state index is 0.105. The molecule has 570 valence electrons. The molecule has 0 radical (unpaired) electrons. The molecule has 0 spiro atoms. The molecule has 96 heavy (non-hydrogen) atoms. The van der Waals surface area contributed by atoms with Crippen LogP contribution in [0.4, 0.5) is 0 Å². The number of carbonyl (C=O) groups excluding carboxylic acids is 4. The maximum absolute atomic E-state index is 13.1. The smallest absolute Gasteiger partial charge is 0.462 e. The van der Waals surface area contributed by atoms with Gasteiger partial charge in [0.15, 0.2) is 12.2 Å². The predicted octanol–water partition coefficient (Wildman–Crippen LogP) is 22.7. The number of aliphatic hydroxyl groups excluding tert-OH is 1. The Bertz CT molecular complexity index is 1860. The van der Waals surface area contributed by atoms with Crippen molar-refractivity contribution in [3.8, 4) is 0 Å². The van der Waals surface area contributed by atoms with Crippen molar-refractivity contribution in [1.82, 2.24) is 0 Å². The summed E-state index contributed by atoms with van der Waals surface area (Å²) in [5, 5.41) is 10.6. The zero-order chi connectivity index (χ0) is 70.7. The van der Waals surface area contributed by atoms with E-state index in [1.807, 2.05) is 0 Å². The van der Waals surface area contributed by atoms with Gasteiger partial charge in [0.2, 0.25) is 0 Å². The standard InChI is InChI=1S/C77H150O17P2/c1-7-10-12-14-16-18-19-20-21-22-23-24-25-26-27-28-29-37-43-49-55-61-76(81)93-73(66-88-75(80)60-54-48-42-36-31-30-35-40-46-52-58-70(6)9-3)68-92-96(85,86)90-64-71(78)63-89-95(83,84)91-67-72(65-87-74(79)59-53-47-41-33-17-15-13-11-8-2)94-77(82)62-56-50-44-38-32-34-39-45-51-57-69(4)5/h69-73,78H,7-68H2,1-6H3,(H,83,84)(H,85,86)/t70?,71-,72+,73+/m0/s1. The molecule has 0 rings (SSSR count). The molecule has 19 heteroatoms. The van der Waals surface area contributed by atoms with Crippen LogP contribution in [0.1, 0.15) is 401 Å². The molecule has 17 nitrogen and oxygen atoms in total. The molecule has 0 saturated carbocycles. The van der Waals surface area contributed by atoms with Crippen LogP contribution < -0.4 is 0 Å². The highest BCUT2D eigenvalue weighted by Crippen LogP contribution is 2.45. The summed E-state index contributed by atoms with van der Waals surface area (Å²) >= 11 is 0. The molecule has 3 unspecified atom stereocenters. The third-order valence-electron chi connectivity index (χ3n) is 18.3. The Hall–Kier alpha value is -1.94. The van der Waals surface area contributed by atoms with Crippen LogP contribution in [0.2, 0.25) is 0 Å². The molecule has 0 fully saturated rings.